The second-order valence-electron chi connectivity index (χ2n) is 4.73. The first kappa shape index (κ1) is 13.5. The molecule has 0 aromatic rings. The Morgan fingerprint density at radius 1 is 1.62 bits per heavy atom. The van der Waals surface area contributed by atoms with E-state index in [4.69, 9.17) is 10.5 Å². The molecule has 0 aromatic heterocycles. The Morgan fingerprint density at radius 2 is 2.38 bits per heavy atom. The molecule has 0 spiro atoms. The molecule has 94 valence electrons. The summed E-state index contributed by atoms with van der Waals surface area (Å²) in [6.45, 7) is 5.19. The second kappa shape index (κ2) is 6.21. The highest BCUT2D eigenvalue weighted by Crippen LogP contribution is 2.25. The number of amides is 1. The number of nitrogens with one attached hydrogen (secondary N) is 1. The molecule has 3 N–H and O–H groups in total. The Kier molecular flexibility index (Phi) is 5.22. The van der Waals surface area contributed by atoms with Gasteiger partial charge in [0.05, 0.1) is 0 Å². The van der Waals surface area contributed by atoms with Crippen LogP contribution in [0, 0.1) is 0 Å². The van der Waals surface area contributed by atoms with Crippen LogP contribution in [0.5, 0.6) is 0 Å². The van der Waals surface area contributed by atoms with Gasteiger partial charge in [0, 0.05) is 19.2 Å². The second-order valence-corrected chi connectivity index (χ2v) is 4.73. The van der Waals surface area contributed by atoms with Crippen LogP contribution < -0.4 is 11.1 Å². The molecule has 4 nitrogen and oxygen atoms in total. The number of ether oxygens (including phenoxy) is 1. The van der Waals surface area contributed by atoms with Crippen molar-refractivity contribution < 1.29 is 9.53 Å². The molecule has 1 fully saturated rings. The van der Waals surface area contributed by atoms with Crippen molar-refractivity contribution in [2.24, 2.45) is 5.73 Å². The molecule has 0 bridgehead atoms. The van der Waals surface area contributed by atoms with Crippen LogP contribution in [0.1, 0.15) is 46.0 Å². The van der Waals surface area contributed by atoms with Crippen molar-refractivity contribution in [3.8, 4) is 0 Å². The average Bonchev–Trinajstić information content (AvgIpc) is 2.72. The third-order valence-electron chi connectivity index (χ3n) is 3.22. The molecule has 1 aliphatic rings. The zero-order valence-corrected chi connectivity index (χ0v) is 10.4. The fourth-order valence-corrected chi connectivity index (χ4v) is 2.00. The molecule has 1 amide bonds. The molecule has 1 aliphatic heterocycles. The SMILES string of the molecule is CCCCC(CN)NC(=O)C1(C)CCCO1. The maximum Gasteiger partial charge on any atom is 0.252 e. The Hall–Kier alpha value is -0.610. The summed E-state index contributed by atoms with van der Waals surface area (Å²) in [6.07, 6.45) is 4.95. The molecule has 0 aliphatic carbocycles. The zero-order chi connectivity index (χ0) is 12.0. The molecule has 16 heavy (non-hydrogen) atoms. The Labute approximate surface area is 97.9 Å². The van der Waals surface area contributed by atoms with Gasteiger partial charge in [-0.3, -0.25) is 4.79 Å². The molecule has 2 unspecified atom stereocenters. The average molecular weight is 228 g/mol. The molecule has 0 saturated carbocycles. The van der Waals surface area contributed by atoms with E-state index in [-0.39, 0.29) is 11.9 Å². The van der Waals surface area contributed by atoms with E-state index < -0.39 is 5.60 Å². The topological polar surface area (TPSA) is 64.3 Å². The minimum absolute atomic E-state index is 0.00319. The highest BCUT2D eigenvalue weighted by atomic mass is 16.5. The fraction of sp³-hybridized carbons (Fsp3) is 0.917. The van der Waals surface area contributed by atoms with Gasteiger partial charge in [-0.1, -0.05) is 19.8 Å². The van der Waals surface area contributed by atoms with E-state index in [2.05, 4.69) is 12.2 Å². The lowest BCUT2D eigenvalue weighted by Crippen LogP contribution is -2.50. The fourth-order valence-electron chi connectivity index (χ4n) is 2.00. The molecular formula is C12H24N2O2. The van der Waals surface area contributed by atoms with Crippen LogP contribution in [0.15, 0.2) is 0 Å². The molecule has 2 atom stereocenters. The van der Waals surface area contributed by atoms with Crippen molar-refractivity contribution in [2.45, 2.75) is 57.6 Å². The van der Waals surface area contributed by atoms with E-state index in [1.165, 1.54) is 0 Å². The smallest absolute Gasteiger partial charge is 0.252 e. The summed E-state index contributed by atoms with van der Waals surface area (Å²) in [6, 6.07) is 0.0912. The van der Waals surface area contributed by atoms with Crippen LogP contribution in [-0.2, 0) is 9.53 Å². The van der Waals surface area contributed by atoms with Gasteiger partial charge >= 0.3 is 0 Å². The van der Waals surface area contributed by atoms with Gasteiger partial charge in [0.25, 0.3) is 5.91 Å². The molecule has 1 heterocycles. The van der Waals surface area contributed by atoms with Gasteiger partial charge in [-0.2, -0.15) is 0 Å². The molecule has 4 heteroatoms. The van der Waals surface area contributed by atoms with Crippen molar-refractivity contribution >= 4 is 5.91 Å². The van der Waals surface area contributed by atoms with Crippen molar-refractivity contribution in [2.75, 3.05) is 13.2 Å². The highest BCUT2D eigenvalue weighted by Gasteiger charge is 2.38. The molecule has 1 rings (SSSR count). The lowest BCUT2D eigenvalue weighted by molar-refractivity contribution is -0.140. The van der Waals surface area contributed by atoms with E-state index >= 15 is 0 Å². The van der Waals surface area contributed by atoms with Crippen LogP contribution in [0.2, 0.25) is 0 Å². The summed E-state index contributed by atoms with van der Waals surface area (Å²) in [5.41, 5.74) is 5.02. The monoisotopic (exact) mass is 228 g/mol. The third-order valence-corrected chi connectivity index (χ3v) is 3.22. The van der Waals surface area contributed by atoms with Gasteiger partial charge in [0.15, 0.2) is 0 Å². The maximum atomic E-state index is 12.0. The quantitative estimate of drug-likeness (QED) is 0.717. The van der Waals surface area contributed by atoms with Crippen molar-refractivity contribution in [3.05, 3.63) is 0 Å². The number of nitrogens with two attached hydrogens (primary N) is 1. The lowest BCUT2D eigenvalue weighted by atomic mass is 10.0. The molecule has 1 saturated heterocycles. The summed E-state index contributed by atoms with van der Waals surface area (Å²) in [5.74, 6) is -0.00319. The van der Waals surface area contributed by atoms with Gasteiger partial charge < -0.3 is 15.8 Å². The maximum absolute atomic E-state index is 12.0. The number of hydrogen-bond acceptors (Lipinski definition) is 3. The number of carbonyl (C=O) groups is 1. The predicted molar refractivity (Wildman–Crippen MR) is 64.1 cm³/mol. The Bertz CT molecular complexity index is 225. The van der Waals surface area contributed by atoms with Crippen LogP contribution in [0.4, 0.5) is 0 Å². The molecular weight excluding hydrogens is 204 g/mol. The van der Waals surface area contributed by atoms with Crippen molar-refractivity contribution in [3.63, 3.8) is 0 Å². The Balaban J connectivity index is 2.41. The summed E-state index contributed by atoms with van der Waals surface area (Å²) in [4.78, 5) is 12.0. The van der Waals surface area contributed by atoms with Crippen LogP contribution in [-0.4, -0.2) is 30.7 Å². The first-order chi connectivity index (χ1) is 7.62. The van der Waals surface area contributed by atoms with E-state index in [0.717, 1.165) is 32.1 Å². The van der Waals surface area contributed by atoms with Gasteiger partial charge in [-0.25, -0.2) is 0 Å². The van der Waals surface area contributed by atoms with Crippen molar-refractivity contribution in [1.82, 2.24) is 5.32 Å². The minimum atomic E-state index is -0.625. The summed E-state index contributed by atoms with van der Waals surface area (Å²) in [5, 5.41) is 3.00. The van der Waals surface area contributed by atoms with E-state index in [9.17, 15) is 4.79 Å². The third kappa shape index (κ3) is 3.46. The van der Waals surface area contributed by atoms with E-state index in [1.54, 1.807) is 0 Å². The number of carbonyl (C=O) groups excluding carboxylic acids is 1. The van der Waals surface area contributed by atoms with Crippen LogP contribution in [0.25, 0.3) is 0 Å². The van der Waals surface area contributed by atoms with Crippen LogP contribution >= 0.6 is 0 Å². The predicted octanol–water partition coefficient (Wildman–Crippen LogP) is 1.19. The largest absolute Gasteiger partial charge is 0.365 e. The molecule has 0 aromatic carbocycles. The van der Waals surface area contributed by atoms with Crippen LogP contribution in [0.3, 0.4) is 0 Å². The first-order valence-electron chi connectivity index (χ1n) is 6.27. The van der Waals surface area contributed by atoms with E-state index in [1.807, 2.05) is 6.92 Å². The highest BCUT2D eigenvalue weighted by molar-refractivity contribution is 5.85. The number of unbranched alkanes of at least 4 members (excludes halogenated alkanes) is 1. The summed E-state index contributed by atoms with van der Waals surface area (Å²) >= 11 is 0. The standard InChI is InChI=1S/C12H24N2O2/c1-3-4-6-10(9-13)14-11(15)12(2)7-5-8-16-12/h10H,3-9,13H2,1-2H3,(H,14,15). The normalized spacial score (nSPS) is 26.7. The van der Waals surface area contributed by atoms with Gasteiger partial charge in [0.2, 0.25) is 0 Å². The van der Waals surface area contributed by atoms with Gasteiger partial charge in [-0.15, -0.1) is 0 Å². The van der Waals surface area contributed by atoms with E-state index in [0.29, 0.717) is 13.2 Å². The minimum Gasteiger partial charge on any atom is -0.365 e. The Morgan fingerprint density at radius 3 is 2.88 bits per heavy atom. The summed E-state index contributed by atoms with van der Waals surface area (Å²) < 4.78 is 5.50. The van der Waals surface area contributed by atoms with Gasteiger partial charge in [0.1, 0.15) is 5.60 Å². The summed E-state index contributed by atoms with van der Waals surface area (Å²) in [7, 11) is 0. The number of rotatable bonds is 6. The van der Waals surface area contributed by atoms with Crippen molar-refractivity contribution in [1.29, 1.82) is 0 Å². The first-order valence-corrected chi connectivity index (χ1v) is 6.27. The number of hydrogen-bond donors (Lipinski definition) is 2. The molecule has 0 radical (unpaired) electrons. The zero-order valence-electron chi connectivity index (χ0n) is 10.4. The lowest BCUT2D eigenvalue weighted by Gasteiger charge is -2.25. The van der Waals surface area contributed by atoms with Gasteiger partial charge in [-0.05, 0) is 26.2 Å².